The van der Waals surface area contributed by atoms with Crippen LogP contribution in [0.15, 0.2) is 18.2 Å². The normalized spacial score (nSPS) is 10.4. The predicted molar refractivity (Wildman–Crippen MR) is 65.0 cm³/mol. The molecule has 0 saturated heterocycles. The second-order valence-corrected chi connectivity index (χ2v) is 3.98. The van der Waals surface area contributed by atoms with Gasteiger partial charge in [0.2, 0.25) is 0 Å². The minimum absolute atomic E-state index is 0.0745. The molecule has 0 aromatic heterocycles. The first-order valence-corrected chi connectivity index (χ1v) is 5.71. The SMILES string of the molecule is CCCOc1ccc(C(=O)O)c(OC(C)C)c1. The van der Waals surface area contributed by atoms with E-state index in [1.54, 1.807) is 12.1 Å². The highest BCUT2D eigenvalue weighted by Gasteiger charge is 2.13. The first-order valence-electron chi connectivity index (χ1n) is 5.71. The van der Waals surface area contributed by atoms with Gasteiger partial charge in [0.1, 0.15) is 17.1 Å². The average molecular weight is 238 g/mol. The summed E-state index contributed by atoms with van der Waals surface area (Å²) >= 11 is 0. The molecule has 0 amide bonds. The molecular weight excluding hydrogens is 220 g/mol. The number of benzene rings is 1. The molecule has 4 heteroatoms. The molecule has 0 aliphatic heterocycles. The van der Waals surface area contributed by atoms with Crippen LogP contribution in [0.5, 0.6) is 11.5 Å². The van der Waals surface area contributed by atoms with Crippen LogP contribution in [0.2, 0.25) is 0 Å². The lowest BCUT2D eigenvalue weighted by Gasteiger charge is -2.14. The number of carboxylic acid groups (broad SMARTS) is 1. The Kier molecular flexibility index (Phi) is 4.82. The summed E-state index contributed by atoms with van der Waals surface area (Å²) < 4.78 is 10.9. The zero-order valence-corrected chi connectivity index (χ0v) is 10.4. The van der Waals surface area contributed by atoms with Gasteiger partial charge in [0.05, 0.1) is 12.7 Å². The second kappa shape index (κ2) is 6.13. The van der Waals surface area contributed by atoms with Crippen LogP contribution in [0.25, 0.3) is 0 Å². The van der Waals surface area contributed by atoms with Gasteiger partial charge in [-0.15, -0.1) is 0 Å². The van der Waals surface area contributed by atoms with Gasteiger partial charge in [0.15, 0.2) is 0 Å². The van der Waals surface area contributed by atoms with Crippen molar-refractivity contribution < 1.29 is 19.4 Å². The van der Waals surface area contributed by atoms with Gasteiger partial charge in [0, 0.05) is 6.07 Å². The monoisotopic (exact) mass is 238 g/mol. The summed E-state index contributed by atoms with van der Waals surface area (Å²) in [7, 11) is 0. The predicted octanol–water partition coefficient (Wildman–Crippen LogP) is 2.96. The minimum atomic E-state index is -0.998. The number of hydrogen-bond acceptors (Lipinski definition) is 3. The Hall–Kier alpha value is -1.71. The lowest BCUT2D eigenvalue weighted by atomic mass is 10.2. The fourth-order valence-electron chi connectivity index (χ4n) is 1.34. The van der Waals surface area contributed by atoms with E-state index in [9.17, 15) is 4.79 Å². The fraction of sp³-hybridized carbons (Fsp3) is 0.462. The van der Waals surface area contributed by atoms with Gasteiger partial charge in [-0.1, -0.05) is 6.92 Å². The Labute approximate surface area is 101 Å². The van der Waals surface area contributed by atoms with Gasteiger partial charge >= 0.3 is 5.97 Å². The molecule has 1 N–H and O–H groups in total. The maximum Gasteiger partial charge on any atom is 0.339 e. The summed E-state index contributed by atoms with van der Waals surface area (Å²) in [6, 6.07) is 4.77. The molecule has 0 radical (unpaired) electrons. The molecule has 0 bridgehead atoms. The maximum absolute atomic E-state index is 11.0. The van der Waals surface area contributed by atoms with E-state index in [1.165, 1.54) is 6.07 Å². The van der Waals surface area contributed by atoms with Crippen LogP contribution in [-0.4, -0.2) is 23.8 Å². The fourth-order valence-corrected chi connectivity index (χ4v) is 1.34. The highest BCUT2D eigenvalue weighted by Crippen LogP contribution is 2.26. The van der Waals surface area contributed by atoms with Gasteiger partial charge < -0.3 is 14.6 Å². The van der Waals surface area contributed by atoms with Crippen LogP contribution < -0.4 is 9.47 Å². The molecule has 0 spiro atoms. The summed E-state index contributed by atoms with van der Waals surface area (Å²) in [5.41, 5.74) is 0.155. The second-order valence-electron chi connectivity index (χ2n) is 3.98. The van der Waals surface area contributed by atoms with E-state index in [0.29, 0.717) is 18.1 Å². The zero-order chi connectivity index (χ0) is 12.8. The van der Waals surface area contributed by atoms with E-state index in [4.69, 9.17) is 14.6 Å². The molecule has 17 heavy (non-hydrogen) atoms. The lowest BCUT2D eigenvalue weighted by molar-refractivity contribution is 0.0690. The number of carboxylic acids is 1. The van der Waals surface area contributed by atoms with Crippen molar-refractivity contribution in [2.75, 3.05) is 6.61 Å². The smallest absolute Gasteiger partial charge is 0.339 e. The van der Waals surface area contributed by atoms with Gasteiger partial charge in [-0.05, 0) is 32.4 Å². The molecule has 0 saturated carbocycles. The molecule has 1 aromatic rings. The summed E-state index contributed by atoms with van der Waals surface area (Å²) in [4.78, 5) is 11.0. The van der Waals surface area contributed by atoms with Crippen molar-refractivity contribution in [1.82, 2.24) is 0 Å². The molecule has 94 valence electrons. The van der Waals surface area contributed by atoms with Gasteiger partial charge in [-0.3, -0.25) is 0 Å². The lowest BCUT2D eigenvalue weighted by Crippen LogP contribution is -2.10. The molecule has 0 aliphatic carbocycles. The Morgan fingerprint density at radius 3 is 2.65 bits per heavy atom. The van der Waals surface area contributed by atoms with Crippen LogP contribution in [-0.2, 0) is 0 Å². The van der Waals surface area contributed by atoms with E-state index in [2.05, 4.69) is 0 Å². The number of carbonyl (C=O) groups is 1. The topological polar surface area (TPSA) is 55.8 Å². The highest BCUT2D eigenvalue weighted by molar-refractivity contribution is 5.91. The third-order valence-electron chi connectivity index (χ3n) is 2.02. The Morgan fingerprint density at radius 2 is 2.12 bits per heavy atom. The van der Waals surface area contributed by atoms with Crippen molar-refractivity contribution in [2.24, 2.45) is 0 Å². The minimum Gasteiger partial charge on any atom is -0.493 e. The maximum atomic E-state index is 11.0. The van der Waals surface area contributed by atoms with Crippen molar-refractivity contribution in [2.45, 2.75) is 33.3 Å². The number of aromatic carboxylic acids is 1. The molecule has 1 rings (SSSR count). The Balaban J connectivity index is 2.97. The Morgan fingerprint density at radius 1 is 1.41 bits per heavy atom. The summed E-state index contributed by atoms with van der Waals surface area (Å²) in [5, 5.41) is 9.02. The van der Waals surface area contributed by atoms with Crippen molar-refractivity contribution in [3.05, 3.63) is 23.8 Å². The van der Waals surface area contributed by atoms with Crippen LogP contribution in [0.4, 0.5) is 0 Å². The third kappa shape index (κ3) is 3.98. The first kappa shape index (κ1) is 13.4. The summed E-state index contributed by atoms with van der Waals surface area (Å²) in [6.07, 6.45) is 0.829. The van der Waals surface area contributed by atoms with E-state index in [-0.39, 0.29) is 11.7 Å². The quantitative estimate of drug-likeness (QED) is 0.827. The van der Waals surface area contributed by atoms with Crippen LogP contribution in [0.1, 0.15) is 37.6 Å². The number of ether oxygens (including phenoxy) is 2. The molecule has 0 atom stereocenters. The molecule has 0 unspecified atom stereocenters. The van der Waals surface area contributed by atoms with Crippen molar-refractivity contribution >= 4 is 5.97 Å². The van der Waals surface area contributed by atoms with E-state index < -0.39 is 5.97 Å². The van der Waals surface area contributed by atoms with Crippen LogP contribution in [0.3, 0.4) is 0 Å². The summed E-state index contributed by atoms with van der Waals surface area (Å²) in [6.45, 7) is 6.32. The Bertz CT molecular complexity index is 385. The van der Waals surface area contributed by atoms with Crippen molar-refractivity contribution in [3.63, 3.8) is 0 Å². The molecule has 1 aromatic carbocycles. The van der Waals surface area contributed by atoms with Gasteiger partial charge in [0.25, 0.3) is 0 Å². The average Bonchev–Trinajstić information content (AvgIpc) is 2.25. The molecule has 0 heterocycles. The number of rotatable bonds is 6. The van der Waals surface area contributed by atoms with Crippen LogP contribution >= 0.6 is 0 Å². The largest absolute Gasteiger partial charge is 0.493 e. The molecular formula is C13H18O4. The zero-order valence-electron chi connectivity index (χ0n) is 10.4. The van der Waals surface area contributed by atoms with E-state index >= 15 is 0 Å². The standard InChI is InChI=1S/C13H18O4/c1-4-7-16-10-5-6-11(13(14)15)12(8-10)17-9(2)3/h5-6,8-9H,4,7H2,1-3H3,(H,14,15). The molecule has 0 aliphatic rings. The van der Waals surface area contributed by atoms with E-state index in [0.717, 1.165) is 6.42 Å². The first-order chi connectivity index (χ1) is 8.04. The van der Waals surface area contributed by atoms with Crippen LogP contribution in [0, 0.1) is 0 Å². The summed E-state index contributed by atoms with van der Waals surface area (Å²) in [5.74, 6) is -0.0173. The number of hydrogen-bond donors (Lipinski definition) is 1. The van der Waals surface area contributed by atoms with Crippen molar-refractivity contribution in [1.29, 1.82) is 0 Å². The van der Waals surface area contributed by atoms with E-state index in [1.807, 2.05) is 20.8 Å². The highest BCUT2D eigenvalue weighted by atomic mass is 16.5. The van der Waals surface area contributed by atoms with Gasteiger partial charge in [-0.2, -0.15) is 0 Å². The van der Waals surface area contributed by atoms with Crippen molar-refractivity contribution in [3.8, 4) is 11.5 Å². The van der Waals surface area contributed by atoms with Gasteiger partial charge in [-0.25, -0.2) is 4.79 Å². The third-order valence-corrected chi connectivity index (χ3v) is 2.02. The molecule has 0 fully saturated rings. The molecule has 4 nitrogen and oxygen atoms in total.